The van der Waals surface area contributed by atoms with Crippen LogP contribution in [0.1, 0.15) is 19.7 Å². The van der Waals surface area contributed by atoms with Crippen molar-refractivity contribution in [3.8, 4) is 11.5 Å². The molecule has 1 saturated heterocycles. The van der Waals surface area contributed by atoms with E-state index in [1.54, 1.807) is 6.07 Å². The fourth-order valence-corrected chi connectivity index (χ4v) is 5.97. The number of piperazine rings is 1. The second kappa shape index (κ2) is 12.1. The highest BCUT2D eigenvalue weighted by Crippen LogP contribution is 2.31. The predicted molar refractivity (Wildman–Crippen MR) is 147 cm³/mol. The molecule has 0 saturated carbocycles. The Hall–Kier alpha value is -3.48. The maximum absolute atomic E-state index is 13.3. The zero-order valence-electron chi connectivity index (χ0n) is 22.9. The third-order valence-corrected chi connectivity index (χ3v) is 8.65. The van der Waals surface area contributed by atoms with E-state index >= 15 is 0 Å². The summed E-state index contributed by atoms with van der Waals surface area (Å²) in [6.07, 6.45) is 0. The van der Waals surface area contributed by atoms with Crippen molar-refractivity contribution in [3.63, 3.8) is 0 Å². The number of nitrogens with one attached hydrogen (secondary N) is 1. The van der Waals surface area contributed by atoms with Gasteiger partial charge < -0.3 is 19.5 Å². The van der Waals surface area contributed by atoms with Gasteiger partial charge in [0.25, 0.3) is 0 Å². The molecule has 11 nitrogen and oxygen atoms in total. The first kappa shape index (κ1) is 28.5. The number of para-hydroxylation sites is 1. The third-order valence-electron chi connectivity index (χ3n) is 6.75. The first-order chi connectivity index (χ1) is 18.7. The van der Waals surface area contributed by atoms with Gasteiger partial charge in [0.05, 0.1) is 38.3 Å². The number of carbonyl (C=O) groups excluding carboxylic acids is 1. The molecule has 2 aromatic carbocycles. The van der Waals surface area contributed by atoms with Crippen LogP contribution in [-0.2, 0) is 26.1 Å². The van der Waals surface area contributed by atoms with E-state index in [-0.39, 0.29) is 16.8 Å². The molecule has 0 radical (unpaired) electrons. The highest BCUT2D eigenvalue weighted by molar-refractivity contribution is 7.89. The molecule has 1 fully saturated rings. The maximum atomic E-state index is 13.3. The summed E-state index contributed by atoms with van der Waals surface area (Å²) in [6.45, 7) is 6.00. The van der Waals surface area contributed by atoms with Gasteiger partial charge in [-0.2, -0.15) is 4.31 Å². The summed E-state index contributed by atoms with van der Waals surface area (Å²) in [5, 5.41) is 4.07. The zero-order chi connectivity index (χ0) is 28.2. The normalized spacial score (nSPS) is 15.7. The lowest BCUT2D eigenvalue weighted by atomic mass is 10.0. The molecule has 2 heterocycles. The zero-order valence-corrected chi connectivity index (χ0v) is 23.7. The van der Waals surface area contributed by atoms with Crippen molar-refractivity contribution in [2.75, 3.05) is 52.8 Å². The van der Waals surface area contributed by atoms with Gasteiger partial charge in [0.2, 0.25) is 10.0 Å². The second-order valence-electron chi connectivity index (χ2n) is 9.59. The molecule has 4 rings (SSSR count). The molecule has 1 atom stereocenters. The van der Waals surface area contributed by atoms with Crippen LogP contribution in [0.2, 0.25) is 0 Å². The number of anilines is 1. The summed E-state index contributed by atoms with van der Waals surface area (Å²) in [6, 6.07) is 11.7. The monoisotopic (exact) mass is 557 g/mol. The van der Waals surface area contributed by atoms with Gasteiger partial charge in [-0.1, -0.05) is 26.0 Å². The third kappa shape index (κ3) is 6.23. The molecule has 210 valence electrons. The Labute approximate surface area is 229 Å². The molecule has 1 aliphatic heterocycles. The largest absolute Gasteiger partial charge is 0.493 e. The van der Waals surface area contributed by atoms with Crippen LogP contribution in [0.25, 0.3) is 10.9 Å². The lowest BCUT2D eigenvalue weighted by molar-refractivity contribution is -0.142. The van der Waals surface area contributed by atoms with Crippen molar-refractivity contribution < 1.29 is 27.4 Å². The number of aromatic nitrogens is 2. The van der Waals surface area contributed by atoms with Crippen LogP contribution in [0.3, 0.4) is 0 Å². The maximum Gasteiger partial charge on any atom is 0.328 e. The topological polar surface area (TPSA) is 123 Å². The van der Waals surface area contributed by atoms with E-state index in [1.165, 1.54) is 37.8 Å². The van der Waals surface area contributed by atoms with Crippen molar-refractivity contribution in [2.24, 2.45) is 5.92 Å². The second-order valence-corrected chi connectivity index (χ2v) is 11.5. The van der Waals surface area contributed by atoms with Gasteiger partial charge in [-0.25, -0.2) is 23.2 Å². The van der Waals surface area contributed by atoms with Crippen LogP contribution in [-0.4, -0.2) is 87.1 Å². The fraction of sp³-hybridized carbons (Fsp3) is 0.444. The van der Waals surface area contributed by atoms with Crippen molar-refractivity contribution in [2.45, 2.75) is 31.3 Å². The van der Waals surface area contributed by atoms with E-state index in [4.69, 9.17) is 24.2 Å². The molecule has 1 aromatic heterocycles. The SMILES string of the molecule is COC(=O)[C@@H](Nc1nc(CN2CCN(S(=O)(=O)c3ccc(OC)c(OC)c3)CC2)nc2ccccc12)C(C)C. The first-order valence-corrected chi connectivity index (χ1v) is 14.2. The number of ether oxygens (including phenoxy) is 3. The molecule has 0 unspecified atom stereocenters. The number of sulfonamides is 1. The quantitative estimate of drug-likeness (QED) is 0.372. The first-order valence-electron chi connectivity index (χ1n) is 12.7. The van der Waals surface area contributed by atoms with Gasteiger partial charge in [0.15, 0.2) is 11.5 Å². The van der Waals surface area contributed by atoms with Crippen molar-refractivity contribution in [1.29, 1.82) is 0 Å². The summed E-state index contributed by atoms with van der Waals surface area (Å²) in [4.78, 5) is 24.1. The molecule has 1 N–H and O–H groups in total. The molecule has 3 aromatic rings. The summed E-state index contributed by atoms with van der Waals surface area (Å²) < 4.78 is 43.5. The smallest absolute Gasteiger partial charge is 0.328 e. The lowest BCUT2D eigenvalue weighted by Gasteiger charge is -2.33. The standard InChI is InChI=1S/C27H35N5O6S/c1-18(2)25(27(33)38-5)30-26-20-8-6-7-9-21(20)28-24(29-26)17-31-12-14-32(15-13-31)39(34,35)19-10-11-22(36-3)23(16-19)37-4/h6-11,16,18,25H,12-15,17H2,1-5H3,(H,28,29,30)/t25-/m0/s1. The number of rotatable bonds is 10. The summed E-state index contributed by atoms with van der Waals surface area (Å²) in [5.41, 5.74) is 0.757. The number of hydrogen-bond donors (Lipinski definition) is 1. The van der Waals surface area contributed by atoms with Crippen LogP contribution in [0.15, 0.2) is 47.4 Å². The molecule has 0 amide bonds. The van der Waals surface area contributed by atoms with Gasteiger partial charge in [-0.15, -0.1) is 0 Å². The minimum Gasteiger partial charge on any atom is -0.493 e. The Bertz CT molecular complexity index is 1420. The van der Waals surface area contributed by atoms with Gasteiger partial charge in [-0.3, -0.25) is 4.90 Å². The summed E-state index contributed by atoms with van der Waals surface area (Å²) in [7, 11) is 0.650. The van der Waals surface area contributed by atoms with E-state index in [9.17, 15) is 13.2 Å². The summed E-state index contributed by atoms with van der Waals surface area (Å²) in [5.74, 6) is 1.60. The summed E-state index contributed by atoms with van der Waals surface area (Å²) >= 11 is 0. The van der Waals surface area contributed by atoms with E-state index in [1.807, 2.05) is 38.1 Å². The minimum absolute atomic E-state index is 0.0182. The molecule has 0 aliphatic carbocycles. The fourth-order valence-electron chi connectivity index (χ4n) is 4.53. The van der Waals surface area contributed by atoms with Crippen LogP contribution in [0.4, 0.5) is 5.82 Å². The highest BCUT2D eigenvalue weighted by Gasteiger charge is 2.30. The van der Waals surface area contributed by atoms with Gasteiger partial charge >= 0.3 is 5.97 Å². The Morgan fingerprint density at radius 3 is 2.31 bits per heavy atom. The minimum atomic E-state index is -3.70. The highest BCUT2D eigenvalue weighted by atomic mass is 32.2. The van der Waals surface area contributed by atoms with E-state index < -0.39 is 16.1 Å². The molecule has 1 aliphatic rings. The molecule has 0 bridgehead atoms. The Kier molecular flexibility index (Phi) is 8.88. The number of methoxy groups -OCH3 is 3. The van der Waals surface area contributed by atoms with Crippen molar-refractivity contribution >= 4 is 32.7 Å². The van der Waals surface area contributed by atoms with Gasteiger partial charge in [-0.05, 0) is 30.2 Å². The van der Waals surface area contributed by atoms with Gasteiger partial charge in [0.1, 0.15) is 17.7 Å². The van der Waals surface area contributed by atoms with Crippen LogP contribution >= 0.6 is 0 Å². The van der Waals surface area contributed by atoms with Gasteiger partial charge in [0, 0.05) is 37.6 Å². The number of hydrogen-bond acceptors (Lipinski definition) is 10. The number of benzene rings is 2. The molecule has 0 spiro atoms. The Balaban J connectivity index is 1.50. The van der Waals surface area contributed by atoms with Crippen LogP contribution in [0.5, 0.6) is 11.5 Å². The lowest BCUT2D eigenvalue weighted by Crippen LogP contribution is -2.48. The van der Waals surface area contributed by atoms with Crippen LogP contribution in [0, 0.1) is 5.92 Å². The van der Waals surface area contributed by atoms with E-state index in [0.717, 1.165) is 10.9 Å². The number of esters is 1. The number of carbonyl (C=O) groups is 1. The van der Waals surface area contributed by atoms with Crippen molar-refractivity contribution in [3.05, 3.63) is 48.3 Å². The predicted octanol–water partition coefficient (Wildman–Crippen LogP) is 2.76. The average molecular weight is 558 g/mol. The average Bonchev–Trinajstić information content (AvgIpc) is 2.95. The molecule has 39 heavy (non-hydrogen) atoms. The molecular weight excluding hydrogens is 522 g/mol. The number of fused-ring (bicyclic) bond motifs is 1. The van der Waals surface area contributed by atoms with E-state index in [2.05, 4.69) is 10.2 Å². The van der Waals surface area contributed by atoms with Crippen LogP contribution < -0.4 is 14.8 Å². The molecular formula is C27H35N5O6S. The Morgan fingerprint density at radius 2 is 1.67 bits per heavy atom. The van der Waals surface area contributed by atoms with E-state index in [0.29, 0.717) is 55.9 Å². The Morgan fingerprint density at radius 1 is 0.974 bits per heavy atom. The number of nitrogens with zero attached hydrogens (tertiary/aromatic N) is 4. The molecule has 12 heteroatoms. The van der Waals surface area contributed by atoms with Crippen molar-refractivity contribution in [1.82, 2.24) is 19.2 Å².